The quantitative estimate of drug-likeness (QED) is 0.229. The summed E-state index contributed by atoms with van der Waals surface area (Å²) in [5.41, 5.74) is 2.50. The van der Waals surface area contributed by atoms with Crippen molar-refractivity contribution in [3.63, 3.8) is 0 Å². The van der Waals surface area contributed by atoms with Crippen molar-refractivity contribution in [3.8, 4) is 26.7 Å². The van der Waals surface area contributed by atoms with Gasteiger partial charge in [-0.25, -0.2) is 13.1 Å². The number of nitrogens with zero attached hydrogens (tertiary/aromatic N) is 2. The maximum absolute atomic E-state index is 12.7. The van der Waals surface area contributed by atoms with E-state index < -0.39 is 9.84 Å². The Morgan fingerprint density at radius 1 is 1.03 bits per heavy atom. The number of hydrogen-bond donors (Lipinski definition) is 1. The second-order valence-corrected chi connectivity index (χ2v) is 11.4. The molecule has 34 heavy (non-hydrogen) atoms. The molecule has 4 aromatic rings. The third-order valence-corrected chi connectivity index (χ3v) is 7.88. The Morgan fingerprint density at radius 3 is 2.53 bits per heavy atom. The number of rotatable bonds is 9. The van der Waals surface area contributed by atoms with Gasteiger partial charge < -0.3 is 5.11 Å². The second kappa shape index (κ2) is 10.2. The molecule has 0 unspecified atom stereocenters. The standard InChI is InChI=1S/C25H23ClN2O4S2/c1-34(31,32)18-8-6-7-17(15-18)24-12-13-25(33-24)22-16-20(23(30)11-4-5-14-29)27-28(22)21-10-3-2-9-19(21)26/h2-3,6-10,12-13,15-16,29H,4-5,11,14H2,1H3. The van der Waals surface area contributed by atoms with Gasteiger partial charge in [-0.1, -0.05) is 35.9 Å². The lowest BCUT2D eigenvalue weighted by Crippen LogP contribution is -2.04. The number of carbonyl (C=O) groups is 1. The second-order valence-electron chi connectivity index (χ2n) is 7.85. The molecule has 0 spiro atoms. The van der Waals surface area contributed by atoms with Crippen LogP contribution in [0.3, 0.4) is 0 Å². The lowest BCUT2D eigenvalue weighted by Gasteiger charge is -2.08. The van der Waals surface area contributed by atoms with Crippen LogP contribution in [0.4, 0.5) is 0 Å². The van der Waals surface area contributed by atoms with E-state index in [1.54, 1.807) is 35.0 Å². The molecule has 4 rings (SSSR count). The summed E-state index contributed by atoms with van der Waals surface area (Å²) in [6.07, 6.45) is 2.63. The normalized spacial score (nSPS) is 11.6. The van der Waals surface area contributed by atoms with Crippen LogP contribution in [0.15, 0.2) is 71.6 Å². The fraction of sp³-hybridized carbons (Fsp3) is 0.200. The minimum atomic E-state index is -3.32. The van der Waals surface area contributed by atoms with E-state index in [0.29, 0.717) is 41.4 Å². The molecule has 0 fully saturated rings. The summed E-state index contributed by atoms with van der Waals surface area (Å²) in [4.78, 5) is 14.8. The van der Waals surface area contributed by atoms with E-state index in [-0.39, 0.29) is 17.3 Å². The molecule has 2 heterocycles. The van der Waals surface area contributed by atoms with Crippen LogP contribution in [0.2, 0.25) is 5.02 Å². The molecule has 0 radical (unpaired) electrons. The van der Waals surface area contributed by atoms with E-state index in [1.165, 1.54) is 17.6 Å². The molecule has 0 amide bonds. The van der Waals surface area contributed by atoms with Crippen molar-refractivity contribution >= 4 is 38.6 Å². The predicted octanol–water partition coefficient (Wildman–Crippen LogP) is 5.67. The molecule has 9 heteroatoms. The molecule has 2 aromatic carbocycles. The molecule has 0 aliphatic rings. The van der Waals surface area contributed by atoms with Gasteiger partial charge in [-0.2, -0.15) is 5.10 Å². The van der Waals surface area contributed by atoms with E-state index in [4.69, 9.17) is 16.7 Å². The third-order valence-electron chi connectivity index (χ3n) is 5.29. The molecule has 176 valence electrons. The molecular weight excluding hydrogens is 492 g/mol. The molecular formula is C25H23ClN2O4S2. The Balaban J connectivity index is 1.76. The summed E-state index contributed by atoms with van der Waals surface area (Å²) in [5, 5.41) is 14.1. The average molecular weight is 515 g/mol. The average Bonchev–Trinajstić information content (AvgIpc) is 3.47. The number of aliphatic hydroxyl groups is 1. The van der Waals surface area contributed by atoms with Gasteiger partial charge in [-0.3, -0.25) is 4.79 Å². The first-order chi connectivity index (χ1) is 16.3. The first-order valence-corrected chi connectivity index (χ1v) is 13.8. The minimum Gasteiger partial charge on any atom is -0.396 e. The van der Waals surface area contributed by atoms with E-state index >= 15 is 0 Å². The number of thiophene rings is 1. The Kier molecular flexibility index (Phi) is 7.33. The monoisotopic (exact) mass is 514 g/mol. The van der Waals surface area contributed by atoms with E-state index in [9.17, 15) is 13.2 Å². The van der Waals surface area contributed by atoms with Gasteiger partial charge >= 0.3 is 0 Å². The topological polar surface area (TPSA) is 89.3 Å². The van der Waals surface area contributed by atoms with Crippen molar-refractivity contribution < 1.29 is 18.3 Å². The highest BCUT2D eigenvalue weighted by atomic mass is 35.5. The molecule has 1 N–H and O–H groups in total. The molecule has 2 aromatic heterocycles. The predicted molar refractivity (Wildman–Crippen MR) is 136 cm³/mol. The van der Waals surface area contributed by atoms with Gasteiger partial charge in [0.2, 0.25) is 0 Å². The number of halogens is 1. The van der Waals surface area contributed by atoms with Gasteiger partial charge in [0.15, 0.2) is 15.6 Å². The summed E-state index contributed by atoms with van der Waals surface area (Å²) < 4.78 is 25.6. The highest BCUT2D eigenvalue weighted by Gasteiger charge is 2.19. The Hall–Kier alpha value is -2.78. The van der Waals surface area contributed by atoms with Crippen molar-refractivity contribution in [1.82, 2.24) is 9.78 Å². The third kappa shape index (κ3) is 5.31. The summed E-state index contributed by atoms with van der Waals surface area (Å²) >= 11 is 7.92. The number of aromatic nitrogens is 2. The zero-order valence-corrected chi connectivity index (χ0v) is 20.8. The van der Waals surface area contributed by atoms with Crippen LogP contribution in [-0.4, -0.2) is 42.0 Å². The van der Waals surface area contributed by atoms with Crippen LogP contribution >= 0.6 is 22.9 Å². The number of hydrogen-bond acceptors (Lipinski definition) is 6. The maximum Gasteiger partial charge on any atom is 0.183 e. The lowest BCUT2D eigenvalue weighted by atomic mass is 10.1. The maximum atomic E-state index is 12.7. The van der Waals surface area contributed by atoms with Crippen LogP contribution in [0.5, 0.6) is 0 Å². The summed E-state index contributed by atoms with van der Waals surface area (Å²) in [5.74, 6) is -0.0989. The first-order valence-electron chi connectivity index (χ1n) is 10.7. The number of carbonyl (C=O) groups excluding carboxylic acids is 1. The molecule has 0 atom stereocenters. The van der Waals surface area contributed by atoms with Crippen molar-refractivity contribution in [3.05, 3.63) is 77.4 Å². The number of Topliss-reactive ketones (excluding diaryl/α,β-unsaturated/α-hetero) is 1. The van der Waals surface area contributed by atoms with Crippen LogP contribution < -0.4 is 0 Å². The molecule has 6 nitrogen and oxygen atoms in total. The fourth-order valence-corrected chi connectivity index (χ4v) is 5.42. The van der Waals surface area contributed by atoms with Crippen molar-refractivity contribution in [2.75, 3.05) is 12.9 Å². The summed E-state index contributed by atoms with van der Waals surface area (Å²) in [6, 6.07) is 19.7. The largest absolute Gasteiger partial charge is 0.396 e. The lowest BCUT2D eigenvalue weighted by molar-refractivity contribution is 0.0972. The number of sulfone groups is 1. The van der Waals surface area contributed by atoms with E-state index in [1.807, 2.05) is 36.4 Å². The highest BCUT2D eigenvalue weighted by Crippen LogP contribution is 2.37. The molecule has 0 bridgehead atoms. The Bertz CT molecular complexity index is 1440. The van der Waals surface area contributed by atoms with Gasteiger partial charge in [0, 0.05) is 24.2 Å². The van der Waals surface area contributed by atoms with Gasteiger partial charge in [-0.05, 0) is 60.9 Å². The number of aliphatic hydroxyl groups excluding tert-OH is 1. The Labute approximate surface area is 207 Å². The van der Waals surface area contributed by atoms with Crippen LogP contribution in [0.25, 0.3) is 26.7 Å². The minimum absolute atomic E-state index is 0.0467. The van der Waals surface area contributed by atoms with E-state index in [0.717, 1.165) is 15.3 Å². The SMILES string of the molecule is CS(=O)(=O)c1cccc(-c2ccc(-c3cc(C(=O)CCCCO)nn3-c3ccccc3Cl)s2)c1. The summed E-state index contributed by atoms with van der Waals surface area (Å²) in [7, 11) is -3.32. The zero-order valence-electron chi connectivity index (χ0n) is 18.4. The zero-order chi connectivity index (χ0) is 24.3. The summed E-state index contributed by atoms with van der Waals surface area (Å²) in [6.45, 7) is 0.0467. The highest BCUT2D eigenvalue weighted by molar-refractivity contribution is 7.90. The van der Waals surface area contributed by atoms with Gasteiger partial charge in [0.25, 0.3) is 0 Å². The van der Waals surface area contributed by atoms with Crippen LogP contribution in [-0.2, 0) is 9.84 Å². The molecule has 0 saturated heterocycles. The van der Waals surface area contributed by atoms with Crippen LogP contribution in [0.1, 0.15) is 29.8 Å². The van der Waals surface area contributed by atoms with Crippen molar-refractivity contribution in [2.45, 2.75) is 24.2 Å². The van der Waals surface area contributed by atoms with Gasteiger partial charge in [0.1, 0.15) is 5.69 Å². The van der Waals surface area contributed by atoms with E-state index in [2.05, 4.69) is 5.10 Å². The van der Waals surface area contributed by atoms with Gasteiger partial charge in [0.05, 0.1) is 26.2 Å². The number of ketones is 1. The smallest absolute Gasteiger partial charge is 0.183 e. The molecule has 0 aliphatic carbocycles. The first kappa shape index (κ1) is 24.3. The van der Waals surface area contributed by atoms with Crippen molar-refractivity contribution in [2.24, 2.45) is 0 Å². The Morgan fingerprint density at radius 2 is 1.79 bits per heavy atom. The number of unbranched alkanes of at least 4 members (excludes halogenated alkanes) is 1. The molecule has 0 aliphatic heterocycles. The van der Waals surface area contributed by atoms with Crippen LogP contribution in [0, 0.1) is 0 Å². The number of benzene rings is 2. The van der Waals surface area contributed by atoms with Gasteiger partial charge in [-0.15, -0.1) is 11.3 Å². The van der Waals surface area contributed by atoms with Crippen molar-refractivity contribution in [1.29, 1.82) is 0 Å². The number of para-hydroxylation sites is 1. The fourth-order valence-electron chi connectivity index (χ4n) is 3.54. The molecule has 0 saturated carbocycles.